The molecule has 0 aromatic carbocycles. The van der Waals surface area contributed by atoms with E-state index in [0.717, 1.165) is 36.4 Å². The summed E-state index contributed by atoms with van der Waals surface area (Å²) >= 11 is 0. The molecular weight excluding hydrogens is 459 g/mol. The van der Waals surface area contributed by atoms with Gasteiger partial charge in [0.1, 0.15) is 11.5 Å². The van der Waals surface area contributed by atoms with Gasteiger partial charge >= 0.3 is 6.18 Å². The van der Waals surface area contributed by atoms with E-state index >= 15 is 0 Å². The Kier molecular flexibility index (Phi) is 5.62. The third kappa shape index (κ3) is 4.41. The normalized spacial score (nSPS) is 15.7. The molecule has 0 fully saturated rings. The molecule has 4 aromatic rings. The van der Waals surface area contributed by atoms with E-state index in [1.807, 2.05) is 13.0 Å². The Labute approximate surface area is 198 Å². The van der Waals surface area contributed by atoms with Crippen LogP contribution in [0.1, 0.15) is 57.6 Å². The standard InChI is InChI=1S/C24H22F3N7O/c1-13-9-17-18(33-22(13)28)10-19(32-17)23(35)34(12-15-6-5-14(11-31-15)24(25,26)27)20-4-2-3-16-21(20)30-8-7-29-16/h5-11,20,32H,2-4,12H2,1H3,(H2,28,33). The quantitative estimate of drug-likeness (QED) is 0.447. The number of pyridine rings is 2. The molecule has 4 heterocycles. The van der Waals surface area contributed by atoms with Crippen LogP contribution in [0.2, 0.25) is 0 Å². The molecule has 5 rings (SSSR count). The van der Waals surface area contributed by atoms with E-state index in [1.54, 1.807) is 23.4 Å². The minimum Gasteiger partial charge on any atom is -0.383 e. The highest BCUT2D eigenvalue weighted by Gasteiger charge is 2.34. The summed E-state index contributed by atoms with van der Waals surface area (Å²) in [6.45, 7) is 1.83. The van der Waals surface area contributed by atoms with Crippen molar-refractivity contribution in [1.29, 1.82) is 0 Å². The van der Waals surface area contributed by atoms with Crippen LogP contribution in [0.25, 0.3) is 11.0 Å². The number of nitrogens with one attached hydrogen (secondary N) is 1. The van der Waals surface area contributed by atoms with Gasteiger partial charge in [0.2, 0.25) is 0 Å². The average molecular weight is 481 g/mol. The van der Waals surface area contributed by atoms with Crippen molar-refractivity contribution in [3.8, 4) is 0 Å². The number of aryl methyl sites for hydroxylation is 2. The molecule has 0 aliphatic heterocycles. The summed E-state index contributed by atoms with van der Waals surface area (Å²) in [5, 5.41) is 0. The molecule has 35 heavy (non-hydrogen) atoms. The maximum absolute atomic E-state index is 13.8. The first-order valence-corrected chi connectivity index (χ1v) is 11.1. The Morgan fingerprint density at radius 2 is 2.00 bits per heavy atom. The number of halogens is 3. The Morgan fingerprint density at radius 3 is 2.74 bits per heavy atom. The first kappa shape index (κ1) is 22.8. The zero-order valence-electron chi connectivity index (χ0n) is 18.8. The van der Waals surface area contributed by atoms with Gasteiger partial charge in [-0.15, -0.1) is 0 Å². The van der Waals surface area contributed by atoms with Gasteiger partial charge in [-0.05, 0) is 56.0 Å². The molecule has 180 valence electrons. The number of fused-ring (bicyclic) bond motifs is 2. The summed E-state index contributed by atoms with van der Waals surface area (Å²) in [7, 11) is 0. The summed E-state index contributed by atoms with van der Waals surface area (Å²) in [5.41, 5.74) is 9.19. The van der Waals surface area contributed by atoms with Crippen LogP contribution in [0.5, 0.6) is 0 Å². The number of carbonyl (C=O) groups excluding carboxylic acids is 1. The van der Waals surface area contributed by atoms with E-state index in [9.17, 15) is 18.0 Å². The van der Waals surface area contributed by atoms with E-state index in [4.69, 9.17) is 5.73 Å². The van der Waals surface area contributed by atoms with Crippen LogP contribution in [0, 0.1) is 6.92 Å². The Morgan fingerprint density at radius 1 is 1.20 bits per heavy atom. The number of aromatic nitrogens is 5. The minimum absolute atomic E-state index is 0.00160. The molecule has 8 nitrogen and oxygen atoms in total. The number of nitrogen functional groups attached to an aromatic ring is 1. The van der Waals surface area contributed by atoms with Gasteiger partial charge in [0.15, 0.2) is 0 Å². The number of anilines is 1. The molecule has 0 spiro atoms. The number of rotatable bonds is 4. The average Bonchev–Trinajstić information content (AvgIpc) is 3.24. The maximum atomic E-state index is 13.8. The van der Waals surface area contributed by atoms with Gasteiger partial charge in [0.05, 0.1) is 46.3 Å². The topological polar surface area (TPSA) is 114 Å². The van der Waals surface area contributed by atoms with Crippen molar-refractivity contribution < 1.29 is 18.0 Å². The summed E-state index contributed by atoms with van der Waals surface area (Å²) in [6, 6.07) is 5.30. The smallest absolute Gasteiger partial charge is 0.383 e. The zero-order chi connectivity index (χ0) is 24.7. The number of aromatic amines is 1. The highest BCUT2D eigenvalue weighted by molar-refractivity contribution is 5.97. The van der Waals surface area contributed by atoms with E-state index in [-0.39, 0.29) is 12.5 Å². The fourth-order valence-electron chi connectivity index (χ4n) is 4.38. The lowest BCUT2D eigenvalue weighted by Crippen LogP contribution is -2.37. The van der Waals surface area contributed by atoms with Crippen molar-refractivity contribution in [2.24, 2.45) is 0 Å². The number of H-pyrrole nitrogens is 1. The van der Waals surface area contributed by atoms with Gasteiger partial charge in [-0.2, -0.15) is 13.2 Å². The van der Waals surface area contributed by atoms with Gasteiger partial charge in [0.25, 0.3) is 5.91 Å². The van der Waals surface area contributed by atoms with Crippen LogP contribution in [-0.4, -0.2) is 35.7 Å². The van der Waals surface area contributed by atoms with Gasteiger partial charge < -0.3 is 15.6 Å². The number of hydrogen-bond acceptors (Lipinski definition) is 6. The number of hydrogen-bond donors (Lipinski definition) is 2. The predicted octanol–water partition coefficient (Wildman–Crippen LogP) is 4.38. The lowest BCUT2D eigenvalue weighted by molar-refractivity contribution is -0.137. The third-order valence-corrected chi connectivity index (χ3v) is 6.20. The second-order valence-electron chi connectivity index (χ2n) is 8.57. The van der Waals surface area contributed by atoms with Gasteiger partial charge in [-0.25, -0.2) is 4.98 Å². The number of nitrogens with two attached hydrogens (primary N) is 1. The molecule has 1 amide bonds. The van der Waals surface area contributed by atoms with E-state index in [1.165, 1.54) is 6.07 Å². The Hall–Kier alpha value is -4.02. The first-order valence-electron chi connectivity index (χ1n) is 11.1. The molecule has 3 N–H and O–H groups in total. The van der Waals surface area contributed by atoms with E-state index < -0.39 is 17.8 Å². The summed E-state index contributed by atoms with van der Waals surface area (Å²) in [6.07, 6.45) is 1.67. The van der Waals surface area contributed by atoms with Crippen molar-refractivity contribution in [2.75, 3.05) is 5.73 Å². The molecular formula is C24H22F3N7O. The van der Waals surface area contributed by atoms with Crippen LogP contribution in [0.4, 0.5) is 19.0 Å². The molecule has 0 saturated carbocycles. The van der Waals surface area contributed by atoms with Crippen molar-refractivity contribution in [1.82, 2.24) is 29.8 Å². The lowest BCUT2D eigenvalue weighted by Gasteiger charge is -2.34. The van der Waals surface area contributed by atoms with Gasteiger partial charge in [-0.3, -0.25) is 19.7 Å². The number of nitrogens with zero attached hydrogens (tertiary/aromatic N) is 5. The van der Waals surface area contributed by atoms with E-state index in [2.05, 4.69) is 24.9 Å². The van der Waals surface area contributed by atoms with Crippen molar-refractivity contribution in [3.63, 3.8) is 0 Å². The largest absolute Gasteiger partial charge is 0.417 e. The lowest BCUT2D eigenvalue weighted by atomic mass is 9.93. The summed E-state index contributed by atoms with van der Waals surface area (Å²) in [5.74, 6) is 0.0298. The molecule has 0 radical (unpaired) electrons. The van der Waals surface area contributed by atoms with Crippen LogP contribution in [0.3, 0.4) is 0 Å². The van der Waals surface area contributed by atoms with Crippen LogP contribution in [-0.2, 0) is 19.1 Å². The second-order valence-corrected chi connectivity index (χ2v) is 8.57. The van der Waals surface area contributed by atoms with Crippen LogP contribution < -0.4 is 5.73 Å². The molecule has 1 aliphatic rings. The summed E-state index contributed by atoms with van der Waals surface area (Å²) in [4.78, 5) is 35.7. The molecule has 1 atom stereocenters. The predicted molar refractivity (Wildman–Crippen MR) is 122 cm³/mol. The first-order chi connectivity index (χ1) is 16.7. The molecule has 0 saturated heterocycles. The highest BCUT2D eigenvalue weighted by Crippen LogP contribution is 2.34. The number of amides is 1. The minimum atomic E-state index is -4.49. The molecule has 0 bridgehead atoms. The zero-order valence-corrected chi connectivity index (χ0v) is 18.8. The van der Waals surface area contributed by atoms with Gasteiger partial charge in [-0.1, -0.05) is 0 Å². The second kappa shape index (κ2) is 8.64. The third-order valence-electron chi connectivity index (χ3n) is 6.20. The van der Waals surface area contributed by atoms with Crippen molar-refractivity contribution in [2.45, 2.75) is 44.9 Å². The van der Waals surface area contributed by atoms with Crippen molar-refractivity contribution >= 4 is 22.8 Å². The fraction of sp³-hybridized carbons (Fsp3) is 0.292. The maximum Gasteiger partial charge on any atom is 0.417 e. The van der Waals surface area contributed by atoms with E-state index in [0.29, 0.717) is 40.4 Å². The van der Waals surface area contributed by atoms with Crippen LogP contribution in [0.15, 0.2) is 42.9 Å². The Balaban J connectivity index is 1.54. The monoisotopic (exact) mass is 481 g/mol. The van der Waals surface area contributed by atoms with Crippen LogP contribution >= 0.6 is 0 Å². The van der Waals surface area contributed by atoms with Crippen molar-refractivity contribution in [3.05, 3.63) is 76.8 Å². The number of carbonyl (C=O) groups is 1. The summed E-state index contributed by atoms with van der Waals surface area (Å²) < 4.78 is 39.0. The Bertz CT molecular complexity index is 1360. The fourth-order valence-corrected chi connectivity index (χ4v) is 4.38. The molecule has 4 aromatic heterocycles. The van der Waals surface area contributed by atoms with Gasteiger partial charge in [0, 0.05) is 18.6 Å². The SMILES string of the molecule is Cc1cc2[nH]c(C(=O)N(Cc3ccc(C(F)(F)F)cn3)C3CCCc4nccnc43)cc2nc1N. The molecule has 11 heteroatoms. The molecule has 1 aliphatic carbocycles. The molecule has 1 unspecified atom stereocenters. The number of alkyl halides is 3. The highest BCUT2D eigenvalue weighted by atomic mass is 19.4.